The molecule has 1 heterocycles. The van der Waals surface area contributed by atoms with Crippen molar-refractivity contribution in [1.29, 1.82) is 0 Å². The number of aliphatic carboxylic acids is 1. The minimum absolute atomic E-state index is 0.227. The molecule has 0 aromatic rings. The van der Waals surface area contributed by atoms with E-state index < -0.39 is 5.97 Å². The molecule has 0 spiro atoms. The van der Waals surface area contributed by atoms with E-state index in [0.29, 0.717) is 12.5 Å². The Hall–Kier alpha value is -0.570. The van der Waals surface area contributed by atoms with Gasteiger partial charge in [-0.25, -0.2) is 0 Å². The summed E-state index contributed by atoms with van der Waals surface area (Å²) in [4.78, 5) is 10.8. The second kappa shape index (κ2) is 3.05. The van der Waals surface area contributed by atoms with E-state index in [1.54, 1.807) is 0 Å². The van der Waals surface area contributed by atoms with E-state index >= 15 is 0 Å². The minimum Gasteiger partial charge on any atom is -0.481 e. The van der Waals surface area contributed by atoms with Crippen LogP contribution >= 0.6 is 0 Å². The summed E-state index contributed by atoms with van der Waals surface area (Å²) in [5.41, 5.74) is 0. The summed E-state index contributed by atoms with van der Waals surface area (Å²) in [5.74, 6) is -0.601. The highest BCUT2D eigenvalue weighted by atomic mass is 16.5. The average molecular weight is 170 g/mol. The van der Waals surface area contributed by atoms with Crippen LogP contribution in [-0.2, 0) is 9.53 Å². The second-order valence-electron chi connectivity index (χ2n) is 3.76. The number of carboxylic acid groups (broad SMARTS) is 1. The molecular formula is C9H14O3. The third-order valence-corrected chi connectivity index (χ3v) is 3.08. The number of fused-ring (bicyclic) bond motifs is 1. The van der Waals surface area contributed by atoms with Crippen LogP contribution in [0.3, 0.4) is 0 Å². The Kier molecular flexibility index (Phi) is 2.05. The molecule has 68 valence electrons. The van der Waals surface area contributed by atoms with Gasteiger partial charge in [0.25, 0.3) is 0 Å². The topological polar surface area (TPSA) is 46.5 Å². The van der Waals surface area contributed by atoms with E-state index in [4.69, 9.17) is 9.84 Å². The van der Waals surface area contributed by atoms with Crippen LogP contribution in [-0.4, -0.2) is 23.8 Å². The lowest BCUT2D eigenvalue weighted by Gasteiger charge is -2.25. The van der Waals surface area contributed by atoms with Crippen LogP contribution in [0.15, 0.2) is 0 Å². The van der Waals surface area contributed by atoms with E-state index in [0.717, 1.165) is 12.8 Å². The molecule has 2 aliphatic rings. The number of carbonyl (C=O) groups is 1. The Labute approximate surface area is 71.7 Å². The molecule has 12 heavy (non-hydrogen) atoms. The van der Waals surface area contributed by atoms with E-state index in [1.165, 1.54) is 12.8 Å². The number of hydrogen-bond acceptors (Lipinski definition) is 2. The molecule has 3 atom stereocenters. The highest BCUT2D eigenvalue weighted by molar-refractivity contribution is 5.71. The summed E-state index contributed by atoms with van der Waals surface area (Å²) in [5, 5.41) is 8.87. The molecular weight excluding hydrogens is 156 g/mol. The van der Waals surface area contributed by atoms with Crippen LogP contribution in [0.4, 0.5) is 0 Å². The molecule has 0 unspecified atom stereocenters. The maximum absolute atomic E-state index is 10.8. The summed E-state index contributed by atoms with van der Waals surface area (Å²) in [7, 11) is 0. The molecule has 2 rings (SSSR count). The van der Waals surface area contributed by atoms with Crippen molar-refractivity contribution in [3.05, 3.63) is 0 Å². The predicted octanol–water partition coefficient (Wildman–Crippen LogP) is 1.28. The van der Waals surface area contributed by atoms with Crippen molar-refractivity contribution in [3.63, 3.8) is 0 Å². The fourth-order valence-electron chi connectivity index (χ4n) is 2.40. The maximum atomic E-state index is 10.8. The van der Waals surface area contributed by atoms with Crippen molar-refractivity contribution >= 4 is 5.97 Å². The molecule has 1 N–H and O–H groups in total. The summed E-state index contributed by atoms with van der Waals surface area (Å²) in [6.07, 6.45) is 4.73. The van der Waals surface area contributed by atoms with Crippen molar-refractivity contribution in [1.82, 2.24) is 0 Å². The van der Waals surface area contributed by atoms with Crippen molar-refractivity contribution in [3.8, 4) is 0 Å². The standard InChI is InChI=1S/C9H14O3/c10-9(11)7-5-12-8-4-2-1-3-6(7)8/h6-8H,1-5H2,(H,10,11)/t6-,7-,8-/m0/s1. The van der Waals surface area contributed by atoms with E-state index in [9.17, 15) is 4.79 Å². The van der Waals surface area contributed by atoms with Gasteiger partial charge in [-0.2, -0.15) is 0 Å². The van der Waals surface area contributed by atoms with Gasteiger partial charge in [-0.1, -0.05) is 12.8 Å². The van der Waals surface area contributed by atoms with Gasteiger partial charge in [-0.3, -0.25) is 4.79 Å². The Morgan fingerprint density at radius 1 is 1.33 bits per heavy atom. The van der Waals surface area contributed by atoms with Crippen LogP contribution in [0, 0.1) is 11.8 Å². The Balaban J connectivity index is 2.05. The largest absolute Gasteiger partial charge is 0.481 e. The van der Waals surface area contributed by atoms with Gasteiger partial charge in [-0.15, -0.1) is 0 Å². The zero-order valence-electron chi connectivity index (χ0n) is 7.03. The number of ether oxygens (including phenoxy) is 1. The van der Waals surface area contributed by atoms with Gasteiger partial charge in [0, 0.05) is 5.92 Å². The predicted molar refractivity (Wildman–Crippen MR) is 42.8 cm³/mol. The van der Waals surface area contributed by atoms with Gasteiger partial charge in [-0.05, 0) is 12.8 Å². The second-order valence-corrected chi connectivity index (χ2v) is 3.76. The first kappa shape index (κ1) is 8.05. The number of hydrogen-bond donors (Lipinski definition) is 1. The first-order valence-corrected chi connectivity index (χ1v) is 4.63. The highest BCUT2D eigenvalue weighted by Gasteiger charge is 2.42. The number of carboxylic acids is 1. The Morgan fingerprint density at radius 2 is 2.08 bits per heavy atom. The molecule has 0 aromatic carbocycles. The zero-order chi connectivity index (χ0) is 8.55. The molecule has 0 bridgehead atoms. The lowest BCUT2D eigenvalue weighted by Crippen LogP contribution is -2.28. The molecule has 0 radical (unpaired) electrons. The van der Waals surface area contributed by atoms with Crippen LogP contribution in [0.5, 0.6) is 0 Å². The lowest BCUT2D eigenvalue weighted by atomic mass is 9.80. The fourth-order valence-corrected chi connectivity index (χ4v) is 2.40. The lowest BCUT2D eigenvalue weighted by molar-refractivity contribution is -0.142. The van der Waals surface area contributed by atoms with Gasteiger partial charge in [0.15, 0.2) is 0 Å². The van der Waals surface area contributed by atoms with E-state index in [1.807, 2.05) is 0 Å². The molecule has 0 aromatic heterocycles. The fraction of sp³-hybridized carbons (Fsp3) is 0.889. The van der Waals surface area contributed by atoms with Crippen molar-refractivity contribution < 1.29 is 14.6 Å². The number of rotatable bonds is 1. The SMILES string of the molecule is O=C(O)[C@H]1CO[C@H]2CCCC[C@H]21. The summed E-state index contributed by atoms with van der Waals surface area (Å²) >= 11 is 0. The van der Waals surface area contributed by atoms with Crippen LogP contribution in [0.2, 0.25) is 0 Å². The normalized spacial score (nSPS) is 40.8. The first-order chi connectivity index (χ1) is 5.79. The van der Waals surface area contributed by atoms with Crippen molar-refractivity contribution in [2.24, 2.45) is 11.8 Å². The summed E-state index contributed by atoms with van der Waals surface area (Å²) in [6, 6.07) is 0. The van der Waals surface area contributed by atoms with Gasteiger partial charge in [0.05, 0.1) is 18.6 Å². The molecule has 1 saturated carbocycles. The van der Waals surface area contributed by atoms with Crippen LogP contribution < -0.4 is 0 Å². The third kappa shape index (κ3) is 1.22. The average Bonchev–Trinajstić information content (AvgIpc) is 2.47. The third-order valence-electron chi connectivity index (χ3n) is 3.08. The zero-order valence-corrected chi connectivity index (χ0v) is 7.03. The molecule has 3 heteroatoms. The molecule has 2 fully saturated rings. The first-order valence-electron chi connectivity index (χ1n) is 4.63. The van der Waals surface area contributed by atoms with Gasteiger partial charge in [0.1, 0.15) is 0 Å². The smallest absolute Gasteiger partial charge is 0.309 e. The quantitative estimate of drug-likeness (QED) is 0.644. The molecule has 1 aliphatic heterocycles. The van der Waals surface area contributed by atoms with Crippen LogP contribution in [0.25, 0.3) is 0 Å². The van der Waals surface area contributed by atoms with Crippen molar-refractivity contribution in [2.45, 2.75) is 31.8 Å². The molecule has 3 nitrogen and oxygen atoms in total. The maximum Gasteiger partial charge on any atom is 0.309 e. The Bertz CT molecular complexity index is 190. The monoisotopic (exact) mass is 170 g/mol. The summed E-state index contributed by atoms with van der Waals surface area (Å²) in [6.45, 7) is 0.435. The summed E-state index contributed by atoms with van der Waals surface area (Å²) < 4.78 is 5.45. The molecule has 1 saturated heterocycles. The van der Waals surface area contributed by atoms with Gasteiger partial charge >= 0.3 is 5.97 Å². The van der Waals surface area contributed by atoms with Crippen LogP contribution in [0.1, 0.15) is 25.7 Å². The van der Waals surface area contributed by atoms with E-state index in [2.05, 4.69) is 0 Å². The van der Waals surface area contributed by atoms with Gasteiger partial charge < -0.3 is 9.84 Å². The molecule has 0 amide bonds. The molecule has 1 aliphatic carbocycles. The van der Waals surface area contributed by atoms with Crippen molar-refractivity contribution in [2.75, 3.05) is 6.61 Å². The highest BCUT2D eigenvalue weighted by Crippen LogP contribution is 2.37. The van der Waals surface area contributed by atoms with E-state index in [-0.39, 0.29) is 12.0 Å². The minimum atomic E-state index is -0.676. The van der Waals surface area contributed by atoms with Gasteiger partial charge in [0.2, 0.25) is 0 Å². The Morgan fingerprint density at radius 3 is 2.83 bits per heavy atom.